The van der Waals surface area contributed by atoms with Crippen molar-refractivity contribution in [1.29, 1.82) is 0 Å². The molecule has 16 rings (SSSR count). The molecule has 4 heteroatoms. The first kappa shape index (κ1) is 46.8. The van der Waals surface area contributed by atoms with Gasteiger partial charge in [-0.15, -0.1) is 0 Å². The second-order valence-corrected chi connectivity index (χ2v) is 20.9. The topological polar surface area (TPSA) is 51.6 Å². The second kappa shape index (κ2) is 19.9. The molecule has 2 heterocycles. The van der Waals surface area contributed by atoms with Gasteiger partial charge in [-0.2, -0.15) is 0 Å². The summed E-state index contributed by atoms with van der Waals surface area (Å²) < 4.78 is 0. The van der Waals surface area contributed by atoms with Crippen LogP contribution in [-0.2, 0) is 0 Å². The predicted octanol–water partition coefficient (Wildman–Crippen LogP) is 18.9. The van der Waals surface area contributed by atoms with Gasteiger partial charge in [0.15, 0.2) is 11.6 Å². The molecule has 4 nitrogen and oxygen atoms in total. The van der Waals surface area contributed by atoms with Gasteiger partial charge in [-0.25, -0.2) is 19.9 Å². The summed E-state index contributed by atoms with van der Waals surface area (Å²) in [5, 5.41) is 0. The highest BCUT2D eigenvalue weighted by atomic mass is 14.9. The highest BCUT2D eigenvalue weighted by Gasteiger charge is 2.41. The maximum Gasteiger partial charge on any atom is 0.160 e. The van der Waals surface area contributed by atoms with E-state index in [1.165, 1.54) is 66.8 Å². The zero-order valence-corrected chi connectivity index (χ0v) is 43.7. The summed E-state index contributed by atoms with van der Waals surface area (Å²) in [7, 11) is 0. The predicted molar refractivity (Wildman–Crippen MR) is 327 cm³/mol. The molecule has 2 bridgehead atoms. The zero-order chi connectivity index (χ0) is 52.9. The monoisotopic (exact) mass is 1020 g/mol. The molecule has 0 aliphatic heterocycles. The third kappa shape index (κ3) is 8.61. The average molecular weight is 1020 g/mol. The summed E-state index contributed by atoms with van der Waals surface area (Å²) in [6.07, 6.45) is 0. The molecule has 0 fully saturated rings. The van der Waals surface area contributed by atoms with Crippen molar-refractivity contribution in [2.24, 2.45) is 0 Å². The number of aromatic nitrogens is 4. The lowest BCUT2D eigenvalue weighted by molar-refractivity contribution is 0.754. The van der Waals surface area contributed by atoms with E-state index in [0.717, 1.165) is 67.3 Å². The summed E-state index contributed by atoms with van der Waals surface area (Å²) in [5.74, 6) is 1.46. The summed E-state index contributed by atoms with van der Waals surface area (Å²) in [6.45, 7) is 0. The van der Waals surface area contributed by atoms with E-state index >= 15 is 0 Å². The fourth-order valence-corrected chi connectivity index (χ4v) is 12.1. The first-order valence-corrected chi connectivity index (χ1v) is 27.4. The van der Waals surface area contributed by atoms with Crippen molar-refractivity contribution in [1.82, 2.24) is 19.9 Å². The fraction of sp³-hybridized carbons (Fsp3) is 0.0263. The van der Waals surface area contributed by atoms with Crippen LogP contribution in [0.25, 0.3) is 112 Å². The van der Waals surface area contributed by atoms with E-state index in [-0.39, 0.29) is 11.8 Å². The van der Waals surface area contributed by atoms with E-state index in [4.69, 9.17) is 19.9 Å². The fourth-order valence-electron chi connectivity index (χ4n) is 12.1. The van der Waals surface area contributed by atoms with E-state index in [0.29, 0.717) is 11.6 Å². The average Bonchev–Trinajstić information content (AvgIpc) is 3.73. The Balaban J connectivity index is 0.773. The van der Waals surface area contributed by atoms with Crippen LogP contribution in [-0.4, -0.2) is 19.9 Å². The largest absolute Gasteiger partial charge is 0.228 e. The van der Waals surface area contributed by atoms with Crippen molar-refractivity contribution in [3.63, 3.8) is 0 Å². The van der Waals surface area contributed by atoms with E-state index in [1.54, 1.807) is 0 Å². The molecule has 11 aromatic carbocycles. The van der Waals surface area contributed by atoms with Crippen molar-refractivity contribution >= 4 is 0 Å². The van der Waals surface area contributed by atoms with Crippen LogP contribution in [0.1, 0.15) is 45.2 Å². The van der Waals surface area contributed by atoms with Crippen LogP contribution in [0.3, 0.4) is 0 Å². The number of hydrogen-bond acceptors (Lipinski definition) is 4. The standard InChI is InChI=1S/C76H50N4/c1-5-15-49(16-6-1)51-25-29-53(30-26-51)55-33-37-59(38-34-55)71-47-69(57-19-9-3-10-20-57)77-75(79-71)61-41-43-65-67(45-61)73-63-23-13-14-24-64(63)74(65)68-46-62(42-44-66(68)73)76-78-70(58-21-11-4-12-22-58)48-72(80-76)60-39-35-56(36-40-60)54-31-27-52(28-32-54)50-17-7-2-8-18-50/h1-48,73-74H. The molecule has 3 aliphatic carbocycles. The van der Waals surface area contributed by atoms with E-state index in [2.05, 4.69) is 279 Å². The molecule has 0 amide bonds. The van der Waals surface area contributed by atoms with E-state index in [9.17, 15) is 0 Å². The first-order valence-electron chi connectivity index (χ1n) is 27.4. The summed E-state index contributed by atoms with van der Waals surface area (Å²) in [5.41, 5.74) is 27.1. The number of benzene rings is 11. The molecule has 2 atom stereocenters. The van der Waals surface area contributed by atoms with Crippen molar-refractivity contribution in [3.05, 3.63) is 325 Å². The van der Waals surface area contributed by atoms with Crippen molar-refractivity contribution in [2.75, 3.05) is 0 Å². The lowest BCUT2D eigenvalue weighted by atomic mass is 9.61. The Hall–Kier alpha value is -10.4. The number of hydrogen-bond donors (Lipinski definition) is 0. The first-order chi connectivity index (χ1) is 39.6. The molecule has 0 saturated heterocycles. The lowest BCUT2D eigenvalue weighted by Gasteiger charge is -2.42. The van der Waals surface area contributed by atoms with Crippen molar-refractivity contribution in [2.45, 2.75) is 11.8 Å². The molecule has 0 radical (unpaired) electrons. The van der Waals surface area contributed by atoms with Gasteiger partial charge in [0.05, 0.1) is 22.8 Å². The molecule has 0 saturated carbocycles. The minimum Gasteiger partial charge on any atom is -0.228 e. The van der Waals surface area contributed by atoms with Gasteiger partial charge in [-0.05, 0) is 102 Å². The van der Waals surface area contributed by atoms with Crippen LogP contribution in [0.4, 0.5) is 0 Å². The molecule has 3 aliphatic rings. The van der Waals surface area contributed by atoms with E-state index < -0.39 is 0 Å². The normalized spacial score (nSPS) is 13.8. The van der Waals surface area contributed by atoms with Crippen molar-refractivity contribution in [3.8, 4) is 112 Å². The minimum absolute atomic E-state index is 0.0291. The number of rotatable bonds is 10. The second-order valence-electron chi connectivity index (χ2n) is 20.9. The van der Waals surface area contributed by atoms with Gasteiger partial charge in [0.1, 0.15) is 0 Å². The Labute approximate surface area is 466 Å². The van der Waals surface area contributed by atoms with Crippen LogP contribution in [0.2, 0.25) is 0 Å². The summed E-state index contributed by atoms with van der Waals surface area (Å²) in [4.78, 5) is 21.3. The minimum atomic E-state index is 0.0291. The molecule has 80 heavy (non-hydrogen) atoms. The maximum atomic E-state index is 5.36. The van der Waals surface area contributed by atoms with Gasteiger partial charge in [0.2, 0.25) is 0 Å². The molecular weight excluding hydrogens is 969 g/mol. The van der Waals surface area contributed by atoms with Crippen LogP contribution in [0.15, 0.2) is 291 Å². The highest BCUT2D eigenvalue weighted by molar-refractivity contribution is 5.80. The smallest absolute Gasteiger partial charge is 0.160 e. The molecule has 2 aromatic heterocycles. The summed E-state index contributed by atoms with van der Waals surface area (Å²) in [6, 6.07) is 104. The Morgan fingerprint density at radius 1 is 0.163 bits per heavy atom. The SMILES string of the molecule is c1ccc(-c2ccc(-c3ccc(-c4cc(-c5ccccc5)nc(-c5ccc6c(c5)C5c7ccccc7C6c6cc(-c7nc(-c8ccccc8)cc(-c8ccc(-c9ccc(-c%10ccccc%10)cc9)cc8)n7)ccc65)n4)cc3)cc2)cc1. The van der Waals surface area contributed by atoms with Gasteiger partial charge in [-0.1, -0.05) is 267 Å². The lowest BCUT2D eigenvalue weighted by Crippen LogP contribution is -2.27. The van der Waals surface area contributed by atoms with E-state index in [1.807, 2.05) is 12.1 Å². The molecule has 374 valence electrons. The molecule has 2 unspecified atom stereocenters. The Bertz CT molecular complexity index is 4120. The zero-order valence-electron chi connectivity index (χ0n) is 43.7. The van der Waals surface area contributed by atoms with Crippen LogP contribution >= 0.6 is 0 Å². The molecule has 0 N–H and O–H groups in total. The third-order valence-corrected chi connectivity index (χ3v) is 16.2. The van der Waals surface area contributed by atoms with Gasteiger partial charge >= 0.3 is 0 Å². The maximum absolute atomic E-state index is 5.36. The quantitative estimate of drug-likeness (QED) is 0.137. The molecule has 0 spiro atoms. The summed E-state index contributed by atoms with van der Waals surface area (Å²) >= 11 is 0. The van der Waals surface area contributed by atoms with Crippen molar-refractivity contribution < 1.29 is 0 Å². The molecular formula is C76H50N4. The third-order valence-electron chi connectivity index (χ3n) is 16.2. The Morgan fingerprint density at radius 2 is 0.375 bits per heavy atom. The van der Waals surface area contributed by atoms with Crippen LogP contribution in [0, 0.1) is 0 Å². The molecule has 13 aromatic rings. The van der Waals surface area contributed by atoms with Gasteiger partial charge < -0.3 is 0 Å². The van der Waals surface area contributed by atoms with Crippen LogP contribution < -0.4 is 0 Å². The highest BCUT2D eigenvalue weighted by Crippen LogP contribution is 2.57. The van der Waals surface area contributed by atoms with Crippen LogP contribution in [0.5, 0.6) is 0 Å². The number of nitrogens with zero attached hydrogens (tertiary/aromatic N) is 4. The van der Waals surface area contributed by atoms with Gasteiger partial charge in [0.25, 0.3) is 0 Å². The van der Waals surface area contributed by atoms with Gasteiger partial charge in [-0.3, -0.25) is 0 Å². The Kier molecular flexibility index (Phi) is 11.6. The Morgan fingerprint density at radius 3 is 0.675 bits per heavy atom. The van der Waals surface area contributed by atoms with Gasteiger partial charge in [0, 0.05) is 45.2 Å².